The molecule has 1 fully saturated rings. The standard InChI is InChI=1S/C21H28ClIN2O2SeSi/c1-13(27-29(5,6)21(2,3)4)18-17-11-15(23)12-28-20(25(17)19(18)26)24-16-9-7-14(22)8-10-16/h7-11,13,17-18H,12H2,1-6H3/t13-,17-,18-/m1/s1. The number of hydrogen-bond acceptors (Lipinski definition) is 3. The van der Waals surface area contributed by atoms with Gasteiger partial charge in [0, 0.05) is 0 Å². The Morgan fingerprint density at radius 1 is 1.31 bits per heavy atom. The van der Waals surface area contributed by atoms with Crippen molar-refractivity contribution >= 4 is 73.8 Å². The fourth-order valence-corrected chi connectivity index (χ4v) is 7.86. The Balaban J connectivity index is 1.85. The summed E-state index contributed by atoms with van der Waals surface area (Å²) in [5, 5.41) is 1.77. The zero-order valence-corrected chi connectivity index (χ0v) is 23.3. The summed E-state index contributed by atoms with van der Waals surface area (Å²) in [5.74, 6) is -0.00337. The first-order valence-electron chi connectivity index (χ1n) is 9.75. The molecule has 0 bridgehead atoms. The van der Waals surface area contributed by atoms with Crippen LogP contribution < -0.4 is 0 Å². The van der Waals surface area contributed by atoms with Crippen LogP contribution in [-0.4, -0.2) is 51.0 Å². The van der Waals surface area contributed by atoms with Crippen LogP contribution in [0.25, 0.3) is 0 Å². The van der Waals surface area contributed by atoms with Crippen molar-refractivity contribution in [3.05, 3.63) is 38.9 Å². The molecular formula is C21H28ClIN2O2SeSi. The molecule has 0 aliphatic carbocycles. The summed E-state index contributed by atoms with van der Waals surface area (Å²) in [6.07, 6.45) is 2.14. The van der Waals surface area contributed by atoms with Crippen LogP contribution in [0.1, 0.15) is 27.7 Å². The van der Waals surface area contributed by atoms with E-state index in [1.807, 2.05) is 29.2 Å². The van der Waals surface area contributed by atoms with Crippen LogP contribution in [0, 0.1) is 5.92 Å². The normalized spacial score (nSPS) is 25.2. The van der Waals surface area contributed by atoms with Crippen molar-refractivity contribution < 1.29 is 9.22 Å². The number of nitrogens with zero attached hydrogens (tertiary/aromatic N) is 2. The first-order chi connectivity index (χ1) is 13.4. The molecule has 0 radical (unpaired) electrons. The Morgan fingerprint density at radius 2 is 1.93 bits per heavy atom. The Morgan fingerprint density at radius 3 is 2.52 bits per heavy atom. The molecule has 3 atom stereocenters. The number of amidine groups is 1. The Bertz CT molecular complexity index is 851. The van der Waals surface area contributed by atoms with Crippen molar-refractivity contribution in [3.63, 3.8) is 0 Å². The van der Waals surface area contributed by atoms with Gasteiger partial charge in [-0.25, -0.2) is 0 Å². The van der Waals surface area contributed by atoms with Gasteiger partial charge in [-0.15, -0.1) is 0 Å². The molecule has 2 heterocycles. The van der Waals surface area contributed by atoms with Gasteiger partial charge in [-0.3, -0.25) is 0 Å². The van der Waals surface area contributed by atoms with Gasteiger partial charge in [0.1, 0.15) is 0 Å². The van der Waals surface area contributed by atoms with Gasteiger partial charge in [-0.05, 0) is 0 Å². The number of benzene rings is 1. The minimum absolute atomic E-state index is 0.0320. The molecular weight excluding hydrogens is 582 g/mol. The van der Waals surface area contributed by atoms with Crippen LogP contribution in [-0.2, 0) is 9.22 Å². The van der Waals surface area contributed by atoms with Crippen LogP contribution in [0.5, 0.6) is 0 Å². The first kappa shape index (κ1) is 23.5. The molecule has 4 nitrogen and oxygen atoms in total. The molecule has 3 rings (SSSR count). The molecule has 158 valence electrons. The SMILES string of the molecule is C[C@@H](O[Si](C)(C)C(C)(C)C)[C@H]1C(=O)N2C(=Nc3ccc(Cl)cc3)[Se]CC(I)=C[C@H]12. The third kappa shape index (κ3) is 5.01. The summed E-state index contributed by atoms with van der Waals surface area (Å²) in [6, 6.07) is 7.49. The molecule has 0 unspecified atom stereocenters. The molecule has 0 spiro atoms. The van der Waals surface area contributed by atoms with Crippen LogP contribution in [0.2, 0.25) is 28.5 Å². The van der Waals surface area contributed by atoms with E-state index < -0.39 is 8.32 Å². The number of halogens is 2. The van der Waals surface area contributed by atoms with Gasteiger partial charge in [0.2, 0.25) is 0 Å². The third-order valence-corrected chi connectivity index (χ3v) is 14.8. The Hall–Kier alpha value is -0.184. The molecule has 29 heavy (non-hydrogen) atoms. The number of allylic oxidation sites excluding steroid dienone is 1. The van der Waals surface area contributed by atoms with E-state index in [1.54, 1.807) is 0 Å². The third-order valence-electron chi connectivity index (χ3n) is 5.93. The van der Waals surface area contributed by atoms with Gasteiger partial charge in [0.15, 0.2) is 0 Å². The molecule has 1 aromatic carbocycles. The van der Waals surface area contributed by atoms with E-state index in [9.17, 15) is 4.79 Å². The minimum atomic E-state index is -1.94. The number of aliphatic imine (C=N–C) groups is 1. The molecule has 2 aliphatic heterocycles. The van der Waals surface area contributed by atoms with E-state index in [-0.39, 0.29) is 44.0 Å². The molecule has 0 saturated carbocycles. The maximum atomic E-state index is 13.2. The van der Waals surface area contributed by atoms with Crippen LogP contribution in [0.4, 0.5) is 5.69 Å². The monoisotopic (exact) mass is 610 g/mol. The topological polar surface area (TPSA) is 41.9 Å². The van der Waals surface area contributed by atoms with Crippen LogP contribution in [0.3, 0.4) is 0 Å². The zero-order valence-electron chi connectivity index (χ0n) is 17.7. The van der Waals surface area contributed by atoms with Crippen LogP contribution in [0.15, 0.2) is 38.9 Å². The molecule has 0 aromatic heterocycles. The van der Waals surface area contributed by atoms with Crippen LogP contribution >= 0.6 is 34.2 Å². The fraction of sp³-hybridized carbons (Fsp3) is 0.524. The van der Waals surface area contributed by atoms with E-state index in [0.29, 0.717) is 5.02 Å². The van der Waals surface area contributed by atoms with E-state index in [1.165, 1.54) is 3.58 Å². The van der Waals surface area contributed by atoms with Gasteiger partial charge in [-0.2, -0.15) is 0 Å². The van der Waals surface area contributed by atoms with Gasteiger partial charge in [0.05, 0.1) is 0 Å². The Labute approximate surface area is 199 Å². The number of fused-ring (bicyclic) bond motifs is 1. The summed E-state index contributed by atoms with van der Waals surface area (Å²) < 4.78 is 8.78. The number of carbonyl (C=O) groups is 1. The van der Waals surface area contributed by atoms with E-state index in [2.05, 4.69) is 69.5 Å². The predicted molar refractivity (Wildman–Crippen MR) is 133 cm³/mol. The van der Waals surface area contributed by atoms with Gasteiger partial charge in [0.25, 0.3) is 0 Å². The average Bonchev–Trinajstić information content (AvgIpc) is 2.72. The predicted octanol–water partition coefficient (Wildman–Crippen LogP) is 6.02. The summed E-state index contributed by atoms with van der Waals surface area (Å²) >= 11 is 8.51. The van der Waals surface area contributed by atoms with Gasteiger partial charge in [-0.1, -0.05) is 0 Å². The second-order valence-electron chi connectivity index (χ2n) is 9.08. The molecule has 1 amide bonds. The molecule has 8 heteroatoms. The van der Waals surface area contributed by atoms with Gasteiger partial charge < -0.3 is 0 Å². The van der Waals surface area contributed by atoms with Crippen molar-refractivity contribution in [2.24, 2.45) is 10.9 Å². The van der Waals surface area contributed by atoms with E-state index in [4.69, 9.17) is 21.0 Å². The number of β-lactam (4-membered cyclic amide) rings is 1. The number of carbonyl (C=O) groups excluding carboxylic acids is 1. The summed E-state index contributed by atoms with van der Waals surface area (Å²) in [7, 11) is -1.94. The van der Waals surface area contributed by atoms with Crippen molar-refractivity contribution in [2.75, 3.05) is 0 Å². The van der Waals surface area contributed by atoms with Crippen molar-refractivity contribution in [3.8, 4) is 0 Å². The van der Waals surface area contributed by atoms with E-state index >= 15 is 0 Å². The first-order valence-corrected chi connectivity index (χ1v) is 16.2. The zero-order chi connectivity index (χ0) is 21.6. The maximum absolute atomic E-state index is 13.2. The van der Waals surface area contributed by atoms with Crippen molar-refractivity contribution in [1.82, 2.24) is 4.90 Å². The van der Waals surface area contributed by atoms with Gasteiger partial charge >= 0.3 is 201 Å². The average molecular weight is 610 g/mol. The molecule has 0 N–H and O–H groups in total. The fourth-order valence-electron chi connectivity index (χ4n) is 3.27. The number of rotatable bonds is 4. The van der Waals surface area contributed by atoms with Crippen molar-refractivity contribution in [1.29, 1.82) is 0 Å². The van der Waals surface area contributed by atoms with E-state index in [0.717, 1.165) is 15.7 Å². The summed E-state index contributed by atoms with van der Waals surface area (Å²) in [4.78, 5) is 19.9. The summed E-state index contributed by atoms with van der Waals surface area (Å²) in [6.45, 7) is 13.2. The molecule has 1 saturated heterocycles. The quantitative estimate of drug-likeness (QED) is 0.238. The molecule has 1 aromatic rings. The number of amides is 1. The number of hydrogen-bond donors (Lipinski definition) is 0. The second-order valence-corrected chi connectivity index (χ2v) is 17.6. The summed E-state index contributed by atoms with van der Waals surface area (Å²) in [5.41, 5.74) is 0.837. The Kier molecular flexibility index (Phi) is 7.08. The van der Waals surface area contributed by atoms with Crippen molar-refractivity contribution in [2.45, 2.75) is 63.3 Å². The second kappa shape index (κ2) is 8.75. The molecule has 2 aliphatic rings.